The Kier molecular flexibility index (Phi) is 5.18. The van der Waals surface area contributed by atoms with Crippen LogP contribution in [0.1, 0.15) is 11.3 Å². The molecule has 0 aliphatic carbocycles. The zero-order valence-electron chi connectivity index (χ0n) is 13.5. The Bertz CT molecular complexity index is 1030. The SMILES string of the molecule is Fc1cc(C(F)(F)F)ccc1-c1cc(C(F)(F)F)nc(-c2cccc(Br)c2)n1. The Labute approximate surface area is 162 Å². The molecule has 0 unspecified atom stereocenters. The minimum Gasteiger partial charge on any atom is -0.228 e. The average molecular weight is 465 g/mol. The largest absolute Gasteiger partial charge is 0.433 e. The van der Waals surface area contributed by atoms with Gasteiger partial charge in [-0.05, 0) is 36.4 Å². The zero-order valence-corrected chi connectivity index (χ0v) is 15.1. The maximum absolute atomic E-state index is 14.2. The third-order valence-corrected chi connectivity index (χ3v) is 4.17. The normalized spacial score (nSPS) is 12.3. The second kappa shape index (κ2) is 7.16. The summed E-state index contributed by atoms with van der Waals surface area (Å²) in [6.07, 6.45) is -9.65. The van der Waals surface area contributed by atoms with E-state index >= 15 is 0 Å². The molecule has 1 aromatic heterocycles. The molecule has 2 aromatic carbocycles. The van der Waals surface area contributed by atoms with Gasteiger partial charge in [-0.25, -0.2) is 14.4 Å². The molecule has 0 aliphatic heterocycles. The van der Waals surface area contributed by atoms with Crippen LogP contribution in [0.4, 0.5) is 30.7 Å². The van der Waals surface area contributed by atoms with Crippen molar-refractivity contribution in [3.05, 3.63) is 70.1 Å². The quantitative estimate of drug-likeness (QED) is 0.392. The highest BCUT2D eigenvalue weighted by Gasteiger charge is 2.35. The molecule has 146 valence electrons. The lowest BCUT2D eigenvalue weighted by molar-refractivity contribution is -0.141. The van der Waals surface area contributed by atoms with Gasteiger partial charge in [0.15, 0.2) is 5.82 Å². The van der Waals surface area contributed by atoms with Crippen molar-refractivity contribution >= 4 is 15.9 Å². The lowest BCUT2D eigenvalue weighted by Gasteiger charge is -2.13. The zero-order chi connectivity index (χ0) is 20.7. The van der Waals surface area contributed by atoms with Crippen LogP contribution in [0, 0.1) is 5.82 Å². The fourth-order valence-corrected chi connectivity index (χ4v) is 2.79. The molecule has 0 N–H and O–H groups in total. The van der Waals surface area contributed by atoms with Gasteiger partial charge in [-0.2, -0.15) is 26.3 Å². The summed E-state index contributed by atoms with van der Waals surface area (Å²) in [5, 5.41) is 0. The molecule has 0 radical (unpaired) electrons. The molecule has 3 rings (SSSR count). The Morgan fingerprint density at radius 3 is 2.07 bits per heavy atom. The second-order valence-corrected chi connectivity index (χ2v) is 6.58. The van der Waals surface area contributed by atoms with Crippen molar-refractivity contribution in [3.63, 3.8) is 0 Å². The summed E-state index contributed by atoms with van der Waals surface area (Å²) in [4.78, 5) is 7.40. The van der Waals surface area contributed by atoms with Crippen molar-refractivity contribution in [3.8, 4) is 22.6 Å². The molecule has 3 aromatic rings. The van der Waals surface area contributed by atoms with Crippen LogP contribution in [0.25, 0.3) is 22.6 Å². The van der Waals surface area contributed by atoms with Gasteiger partial charge in [-0.3, -0.25) is 0 Å². The Morgan fingerprint density at radius 1 is 0.786 bits per heavy atom. The van der Waals surface area contributed by atoms with E-state index in [0.29, 0.717) is 16.6 Å². The van der Waals surface area contributed by atoms with Crippen LogP contribution in [0.2, 0.25) is 0 Å². The smallest absolute Gasteiger partial charge is 0.228 e. The van der Waals surface area contributed by atoms with E-state index in [1.807, 2.05) is 0 Å². The lowest BCUT2D eigenvalue weighted by atomic mass is 10.1. The predicted molar refractivity (Wildman–Crippen MR) is 90.6 cm³/mol. The van der Waals surface area contributed by atoms with Crippen LogP contribution < -0.4 is 0 Å². The van der Waals surface area contributed by atoms with Crippen molar-refractivity contribution in [2.45, 2.75) is 12.4 Å². The van der Waals surface area contributed by atoms with E-state index in [2.05, 4.69) is 25.9 Å². The average Bonchev–Trinajstić information content (AvgIpc) is 2.59. The number of hydrogen-bond donors (Lipinski definition) is 0. The molecule has 1 heterocycles. The maximum atomic E-state index is 14.2. The van der Waals surface area contributed by atoms with Crippen molar-refractivity contribution in [1.29, 1.82) is 0 Å². The van der Waals surface area contributed by atoms with Gasteiger partial charge < -0.3 is 0 Å². The van der Waals surface area contributed by atoms with E-state index in [9.17, 15) is 30.7 Å². The molecule has 0 atom stereocenters. The number of alkyl halides is 6. The van der Waals surface area contributed by atoms with Crippen molar-refractivity contribution in [1.82, 2.24) is 9.97 Å². The third-order valence-electron chi connectivity index (χ3n) is 3.67. The molecule has 0 bridgehead atoms. The Hall–Kier alpha value is -2.49. The molecule has 10 heteroatoms. The van der Waals surface area contributed by atoms with E-state index in [-0.39, 0.29) is 17.5 Å². The minimum absolute atomic E-state index is 0.212. The standard InChI is InChI=1S/C18H8BrF7N2/c19-11-3-1-2-9(6-11)16-27-14(8-15(28-16)18(24,25)26)12-5-4-10(7-13(12)20)17(21,22)23/h1-8H. The van der Waals surface area contributed by atoms with Gasteiger partial charge in [-0.1, -0.05) is 28.1 Å². The molecule has 0 amide bonds. The summed E-state index contributed by atoms with van der Waals surface area (Å²) in [5.74, 6) is -1.69. The highest BCUT2D eigenvalue weighted by molar-refractivity contribution is 9.10. The van der Waals surface area contributed by atoms with Gasteiger partial charge in [0.05, 0.1) is 11.3 Å². The Balaban J connectivity index is 2.20. The first kappa shape index (κ1) is 20.2. The summed E-state index contributed by atoms with van der Waals surface area (Å²) in [7, 11) is 0. The fourth-order valence-electron chi connectivity index (χ4n) is 2.39. The minimum atomic E-state index is -4.86. The van der Waals surface area contributed by atoms with Crippen molar-refractivity contribution in [2.24, 2.45) is 0 Å². The highest BCUT2D eigenvalue weighted by atomic mass is 79.9. The molecule has 0 aliphatic rings. The first-order valence-corrected chi connectivity index (χ1v) is 8.34. The van der Waals surface area contributed by atoms with E-state index in [4.69, 9.17) is 0 Å². The molecule has 0 saturated heterocycles. The van der Waals surface area contributed by atoms with Crippen LogP contribution in [-0.2, 0) is 12.4 Å². The summed E-state index contributed by atoms with van der Waals surface area (Å²) >= 11 is 3.17. The number of hydrogen-bond acceptors (Lipinski definition) is 2. The van der Waals surface area contributed by atoms with Crippen LogP contribution in [0.3, 0.4) is 0 Å². The van der Waals surface area contributed by atoms with E-state index in [0.717, 1.165) is 6.07 Å². The van der Waals surface area contributed by atoms with Gasteiger partial charge in [0.1, 0.15) is 11.5 Å². The second-order valence-electron chi connectivity index (χ2n) is 5.66. The lowest BCUT2D eigenvalue weighted by Crippen LogP contribution is -2.11. The van der Waals surface area contributed by atoms with Crippen LogP contribution in [0.5, 0.6) is 0 Å². The summed E-state index contributed by atoms with van der Waals surface area (Å²) in [5.41, 5.74) is -3.37. The summed E-state index contributed by atoms with van der Waals surface area (Å²) < 4.78 is 92.6. The summed E-state index contributed by atoms with van der Waals surface area (Å²) in [6, 6.07) is 8.11. The molecule has 2 nitrogen and oxygen atoms in total. The van der Waals surface area contributed by atoms with Gasteiger partial charge in [-0.15, -0.1) is 0 Å². The van der Waals surface area contributed by atoms with Gasteiger partial charge in [0.25, 0.3) is 0 Å². The fraction of sp³-hybridized carbons (Fsp3) is 0.111. The molecule has 28 heavy (non-hydrogen) atoms. The van der Waals surface area contributed by atoms with E-state index in [1.165, 1.54) is 12.1 Å². The van der Waals surface area contributed by atoms with Crippen LogP contribution in [0.15, 0.2) is 53.0 Å². The molecule has 0 saturated carbocycles. The van der Waals surface area contributed by atoms with Crippen molar-refractivity contribution in [2.75, 3.05) is 0 Å². The van der Waals surface area contributed by atoms with Gasteiger partial charge in [0, 0.05) is 15.6 Å². The van der Waals surface area contributed by atoms with Crippen molar-refractivity contribution < 1.29 is 30.7 Å². The van der Waals surface area contributed by atoms with Gasteiger partial charge in [0.2, 0.25) is 0 Å². The van der Waals surface area contributed by atoms with Gasteiger partial charge >= 0.3 is 12.4 Å². The molecule has 0 fully saturated rings. The number of rotatable bonds is 2. The molecule has 0 spiro atoms. The summed E-state index contributed by atoms with van der Waals surface area (Å²) in [6.45, 7) is 0. The highest BCUT2D eigenvalue weighted by Crippen LogP contribution is 2.35. The third kappa shape index (κ3) is 4.32. The first-order valence-electron chi connectivity index (χ1n) is 7.54. The number of halogens is 8. The number of benzene rings is 2. The molecular weight excluding hydrogens is 457 g/mol. The maximum Gasteiger partial charge on any atom is 0.433 e. The van der Waals surface area contributed by atoms with Crippen LogP contribution in [-0.4, -0.2) is 9.97 Å². The predicted octanol–water partition coefficient (Wildman–Crippen LogP) is 6.75. The van der Waals surface area contributed by atoms with Crippen LogP contribution >= 0.6 is 15.9 Å². The molecular formula is C18H8BrF7N2. The number of aromatic nitrogens is 2. The number of nitrogens with zero attached hydrogens (tertiary/aromatic N) is 2. The Morgan fingerprint density at radius 2 is 1.50 bits per heavy atom. The first-order chi connectivity index (χ1) is 12.9. The van der Waals surface area contributed by atoms with E-state index in [1.54, 1.807) is 12.1 Å². The monoisotopic (exact) mass is 464 g/mol. The topological polar surface area (TPSA) is 25.8 Å². The van der Waals surface area contributed by atoms with E-state index < -0.39 is 40.7 Å².